The van der Waals surface area contributed by atoms with Crippen LogP contribution < -0.4 is 0 Å². The molecule has 0 aliphatic carbocycles. The van der Waals surface area contributed by atoms with E-state index in [0.717, 1.165) is 38.5 Å². The van der Waals surface area contributed by atoms with E-state index in [2.05, 4.69) is 13.8 Å². The van der Waals surface area contributed by atoms with Crippen LogP contribution in [0.5, 0.6) is 0 Å². The summed E-state index contributed by atoms with van der Waals surface area (Å²) in [5.41, 5.74) is -2.32. The summed E-state index contributed by atoms with van der Waals surface area (Å²) in [6.07, 6.45) is 15.2. The molecule has 0 radical (unpaired) electrons. The topological polar surface area (TPSA) is 205 Å². The van der Waals surface area contributed by atoms with Crippen molar-refractivity contribution in [1.82, 2.24) is 0 Å². The van der Waals surface area contributed by atoms with Gasteiger partial charge in [0, 0.05) is 6.42 Å². The van der Waals surface area contributed by atoms with Crippen LogP contribution in [0.2, 0.25) is 0 Å². The first-order valence-electron chi connectivity index (χ1n) is 15.2. The summed E-state index contributed by atoms with van der Waals surface area (Å²) >= 11 is 0. The van der Waals surface area contributed by atoms with E-state index in [4.69, 9.17) is 45.6 Å². The number of unbranched alkanes of at least 4 members (excludes halogenated alkanes) is 9. The summed E-state index contributed by atoms with van der Waals surface area (Å²) < 4.78 is 5.15. The second-order valence-corrected chi connectivity index (χ2v) is 11.0. The number of carbonyl (C=O) groups is 2. The average Bonchev–Trinajstić information content (AvgIpc) is 2.98. The molecule has 0 rings (SSSR count). The summed E-state index contributed by atoms with van der Waals surface area (Å²) in [5, 5.41) is 71.2. The molecule has 11 heteroatoms. The SMILES string of the molecule is CCCCC(CC)C(=O)O.CCCCCCCCCCCC(=O)O.OCC(CO)(CO)COCC(CO)(CO)CO. The Balaban J connectivity index is -0.000000547. The first kappa shape index (κ1) is 44.1. The molecule has 0 bridgehead atoms. The highest BCUT2D eigenvalue weighted by Crippen LogP contribution is 2.20. The molecule has 0 amide bonds. The summed E-state index contributed by atoms with van der Waals surface area (Å²) in [5.74, 6) is -1.41. The number of aliphatic hydroxyl groups excluding tert-OH is 6. The van der Waals surface area contributed by atoms with Gasteiger partial charge in [0.1, 0.15) is 0 Å². The van der Waals surface area contributed by atoms with Crippen molar-refractivity contribution in [2.45, 2.75) is 111 Å². The second kappa shape index (κ2) is 30.1. The number of hydrogen-bond acceptors (Lipinski definition) is 9. The number of aliphatic carboxylic acids is 2. The fraction of sp³-hybridized carbons (Fsp3) is 0.933. The normalized spacial score (nSPS) is 12.1. The average molecular weight is 599 g/mol. The fourth-order valence-corrected chi connectivity index (χ4v) is 3.60. The lowest BCUT2D eigenvalue weighted by Gasteiger charge is -2.31. The van der Waals surface area contributed by atoms with Crippen LogP contribution in [-0.4, -0.2) is 106 Å². The highest BCUT2D eigenvalue weighted by Gasteiger charge is 2.32. The van der Waals surface area contributed by atoms with Gasteiger partial charge in [0.25, 0.3) is 0 Å². The van der Waals surface area contributed by atoms with Gasteiger partial charge in [0.05, 0.1) is 69.6 Å². The molecule has 0 heterocycles. The Labute approximate surface area is 247 Å². The van der Waals surface area contributed by atoms with Gasteiger partial charge in [-0.15, -0.1) is 0 Å². The largest absolute Gasteiger partial charge is 0.481 e. The van der Waals surface area contributed by atoms with Gasteiger partial charge in [0.2, 0.25) is 0 Å². The maximum atomic E-state index is 10.4. The molecule has 0 spiro atoms. The number of ether oxygens (including phenoxy) is 1. The molecule has 0 aliphatic heterocycles. The number of carboxylic acids is 2. The molecule has 0 saturated carbocycles. The lowest BCUT2D eigenvalue weighted by Crippen LogP contribution is -2.43. The fourth-order valence-electron chi connectivity index (χ4n) is 3.60. The molecule has 0 aromatic heterocycles. The predicted molar refractivity (Wildman–Crippen MR) is 159 cm³/mol. The van der Waals surface area contributed by atoms with Crippen molar-refractivity contribution in [3.8, 4) is 0 Å². The monoisotopic (exact) mass is 598 g/mol. The van der Waals surface area contributed by atoms with Crippen molar-refractivity contribution in [3.63, 3.8) is 0 Å². The van der Waals surface area contributed by atoms with E-state index in [1.807, 2.05) is 6.92 Å². The molecular formula is C30H62O11. The third kappa shape index (κ3) is 24.9. The van der Waals surface area contributed by atoms with Gasteiger partial charge in [0.15, 0.2) is 0 Å². The number of hydrogen-bond donors (Lipinski definition) is 8. The second-order valence-electron chi connectivity index (χ2n) is 11.0. The van der Waals surface area contributed by atoms with Crippen molar-refractivity contribution >= 4 is 11.9 Å². The lowest BCUT2D eigenvalue weighted by atomic mass is 9.91. The summed E-state index contributed by atoms with van der Waals surface area (Å²) in [6.45, 7) is 3.23. The van der Waals surface area contributed by atoms with Crippen molar-refractivity contribution in [1.29, 1.82) is 0 Å². The highest BCUT2D eigenvalue weighted by atomic mass is 16.5. The van der Waals surface area contributed by atoms with Gasteiger partial charge in [-0.2, -0.15) is 0 Å². The van der Waals surface area contributed by atoms with E-state index >= 15 is 0 Å². The van der Waals surface area contributed by atoms with Crippen LogP contribution in [0.15, 0.2) is 0 Å². The molecule has 11 nitrogen and oxygen atoms in total. The van der Waals surface area contributed by atoms with E-state index in [9.17, 15) is 9.59 Å². The number of rotatable bonds is 25. The molecule has 0 aromatic carbocycles. The van der Waals surface area contributed by atoms with Crippen LogP contribution in [-0.2, 0) is 14.3 Å². The van der Waals surface area contributed by atoms with Crippen LogP contribution in [0.3, 0.4) is 0 Å². The lowest BCUT2D eigenvalue weighted by molar-refractivity contribution is -0.142. The molecule has 1 atom stereocenters. The maximum Gasteiger partial charge on any atom is 0.306 e. The Morgan fingerprint density at radius 2 is 0.951 bits per heavy atom. The zero-order chi connectivity index (χ0) is 32.0. The number of carboxylic acid groups (broad SMARTS) is 2. The molecule has 1 unspecified atom stereocenters. The first-order chi connectivity index (χ1) is 19.6. The summed E-state index contributed by atoms with van der Waals surface area (Å²) in [7, 11) is 0. The molecular weight excluding hydrogens is 536 g/mol. The quantitative estimate of drug-likeness (QED) is 0.0716. The van der Waals surface area contributed by atoms with Crippen LogP contribution >= 0.6 is 0 Å². The summed E-state index contributed by atoms with van der Waals surface area (Å²) in [6, 6.07) is 0. The highest BCUT2D eigenvalue weighted by molar-refractivity contribution is 5.69. The Bertz CT molecular complexity index is 542. The zero-order valence-corrected chi connectivity index (χ0v) is 25.9. The standard InChI is InChI=1S/C12H24O2.C10H22O7.C8H16O2/c1-2-3-4-5-6-7-8-9-10-11-12(13)14;11-1-9(2-12,3-13)7-17-8-10(4-14,5-15)6-16;1-3-5-6-7(4-2)8(9)10/h2-11H2,1H3,(H,13,14);11-16H,1-8H2;7H,3-6H2,1-2H3,(H,9,10). The molecule has 0 aromatic rings. The predicted octanol–water partition coefficient (Wildman–Crippen LogP) is 3.21. The molecule has 8 N–H and O–H groups in total. The van der Waals surface area contributed by atoms with E-state index in [-0.39, 0.29) is 19.1 Å². The third-order valence-corrected chi connectivity index (χ3v) is 7.07. The van der Waals surface area contributed by atoms with Gasteiger partial charge in [-0.3, -0.25) is 9.59 Å². The van der Waals surface area contributed by atoms with Crippen LogP contribution in [0.1, 0.15) is 111 Å². The Morgan fingerprint density at radius 1 is 0.585 bits per heavy atom. The van der Waals surface area contributed by atoms with Crippen molar-refractivity contribution in [3.05, 3.63) is 0 Å². The summed E-state index contributed by atoms with van der Waals surface area (Å²) in [4.78, 5) is 20.6. The van der Waals surface area contributed by atoms with Gasteiger partial charge in [-0.1, -0.05) is 85.0 Å². The zero-order valence-electron chi connectivity index (χ0n) is 25.9. The first-order valence-corrected chi connectivity index (χ1v) is 15.2. The smallest absolute Gasteiger partial charge is 0.306 e. The number of aliphatic hydroxyl groups is 6. The van der Waals surface area contributed by atoms with Crippen molar-refractivity contribution in [2.75, 3.05) is 52.9 Å². The molecule has 0 saturated heterocycles. The van der Waals surface area contributed by atoms with Gasteiger partial charge < -0.3 is 45.6 Å². The Kier molecular flexibility index (Phi) is 32.4. The van der Waals surface area contributed by atoms with Crippen LogP contribution in [0.25, 0.3) is 0 Å². The van der Waals surface area contributed by atoms with Crippen molar-refractivity contribution in [2.24, 2.45) is 16.7 Å². The third-order valence-electron chi connectivity index (χ3n) is 7.07. The minimum absolute atomic E-state index is 0.111. The van der Waals surface area contributed by atoms with Gasteiger partial charge >= 0.3 is 11.9 Å². The van der Waals surface area contributed by atoms with E-state index in [0.29, 0.717) is 6.42 Å². The van der Waals surface area contributed by atoms with E-state index < -0.39 is 62.4 Å². The Hall–Kier alpha value is -1.34. The minimum atomic E-state index is -1.16. The maximum absolute atomic E-state index is 10.4. The molecule has 248 valence electrons. The molecule has 0 fully saturated rings. The van der Waals surface area contributed by atoms with E-state index in [1.54, 1.807) is 0 Å². The molecule has 41 heavy (non-hydrogen) atoms. The van der Waals surface area contributed by atoms with Crippen LogP contribution in [0, 0.1) is 16.7 Å². The minimum Gasteiger partial charge on any atom is -0.481 e. The van der Waals surface area contributed by atoms with Crippen LogP contribution in [0.4, 0.5) is 0 Å². The van der Waals surface area contributed by atoms with E-state index in [1.165, 1.54) is 44.9 Å². The van der Waals surface area contributed by atoms with Gasteiger partial charge in [-0.05, 0) is 19.3 Å². The van der Waals surface area contributed by atoms with Gasteiger partial charge in [-0.25, -0.2) is 0 Å². The van der Waals surface area contributed by atoms with Crippen molar-refractivity contribution < 1.29 is 55.2 Å². The Morgan fingerprint density at radius 3 is 1.24 bits per heavy atom. The molecule has 0 aliphatic rings.